The predicted octanol–water partition coefficient (Wildman–Crippen LogP) is 2.67. The van der Waals surface area contributed by atoms with Gasteiger partial charge in [-0.1, -0.05) is 0 Å². The topological polar surface area (TPSA) is 76.1 Å². The van der Waals surface area contributed by atoms with Crippen LogP contribution in [0.4, 0.5) is 0 Å². The zero-order chi connectivity index (χ0) is 18.0. The van der Waals surface area contributed by atoms with Gasteiger partial charge in [0, 0.05) is 18.7 Å². The summed E-state index contributed by atoms with van der Waals surface area (Å²) in [6.07, 6.45) is 2.15. The highest BCUT2D eigenvalue weighted by molar-refractivity contribution is 5.95. The van der Waals surface area contributed by atoms with Gasteiger partial charge in [-0.25, -0.2) is 0 Å². The second kappa shape index (κ2) is 7.33. The van der Waals surface area contributed by atoms with Gasteiger partial charge in [0.2, 0.25) is 0 Å². The van der Waals surface area contributed by atoms with Crippen molar-refractivity contribution < 1.29 is 24.2 Å². The smallest absolute Gasteiger partial charge is 0.308 e. The maximum absolute atomic E-state index is 12.9. The highest BCUT2D eigenvalue weighted by atomic mass is 16.5. The number of carboxylic acid groups (broad SMARTS) is 1. The molecule has 1 N–H and O–H groups in total. The molecular formula is C19H25NO5. The van der Waals surface area contributed by atoms with Crippen molar-refractivity contribution in [1.82, 2.24) is 4.90 Å². The third-order valence-corrected chi connectivity index (χ3v) is 4.99. The SMILES string of the molecule is CCOc1ccc(C(=O)N2C[C@H](C(=O)O)[C@@H](C3CC3)C2)cc1OCC. The Morgan fingerprint density at radius 3 is 2.40 bits per heavy atom. The molecule has 6 nitrogen and oxygen atoms in total. The Bertz CT molecular complexity index is 655. The fraction of sp³-hybridized carbons (Fsp3) is 0.579. The van der Waals surface area contributed by atoms with E-state index in [9.17, 15) is 14.7 Å². The number of nitrogens with zero attached hydrogens (tertiary/aromatic N) is 1. The predicted molar refractivity (Wildman–Crippen MR) is 92.0 cm³/mol. The van der Waals surface area contributed by atoms with Gasteiger partial charge >= 0.3 is 5.97 Å². The van der Waals surface area contributed by atoms with Gasteiger partial charge in [0.25, 0.3) is 5.91 Å². The van der Waals surface area contributed by atoms with Gasteiger partial charge in [-0.15, -0.1) is 0 Å². The van der Waals surface area contributed by atoms with Crippen molar-refractivity contribution in [3.63, 3.8) is 0 Å². The van der Waals surface area contributed by atoms with E-state index in [0.29, 0.717) is 42.7 Å². The summed E-state index contributed by atoms with van der Waals surface area (Å²) in [7, 11) is 0. The molecule has 0 radical (unpaired) electrons. The first-order valence-electron chi connectivity index (χ1n) is 8.96. The molecule has 2 fully saturated rings. The normalized spacial score (nSPS) is 22.7. The van der Waals surface area contributed by atoms with Crippen LogP contribution in [0.3, 0.4) is 0 Å². The summed E-state index contributed by atoms with van der Waals surface area (Å²) >= 11 is 0. The number of aliphatic carboxylic acids is 1. The number of likely N-dealkylation sites (tertiary alicyclic amines) is 1. The summed E-state index contributed by atoms with van der Waals surface area (Å²) in [6, 6.07) is 5.15. The fourth-order valence-electron chi connectivity index (χ4n) is 3.62. The molecule has 136 valence electrons. The van der Waals surface area contributed by atoms with E-state index in [1.807, 2.05) is 13.8 Å². The van der Waals surface area contributed by atoms with Crippen molar-refractivity contribution in [3.8, 4) is 11.5 Å². The van der Waals surface area contributed by atoms with Crippen molar-refractivity contribution >= 4 is 11.9 Å². The van der Waals surface area contributed by atoms with Crippen LogP contribution in [0.5, 0.6) is 11.5 Å². The van der Waals surface area contributed by atoms with Gasteiger partial charge in [-0.05, 0) is 56.7 Å². The zero-order valence-corrected chi connectivity index (χ0v) is 14.7. The number of carbonyl (C=O) groups excluding carboxylic acids is 1. The van der Waals surface area contributed by atoms with Crippen LogP contribution >= 0.6 is 0 Å². The van der Waals surface area contributed by atoms with Crippen LogP contribution in [0.2, 0.25) is 0 Å². The van der Waals surface area contributed by atoms with E-state index in [1.54, 1.807) is 23.1 Å². The minimum absolute atomic E-state index is 0.0792. The summed E-state index contributed by atoms with van der Waals surface area (Å²) in [5.41, 5.74) is 0.507. The second-order valence-electron chi connectivity index (χ2n) is 6.68. The maximum Gasteiger partial charge on any atom is 0.308 e. The van der Waals surface area contributed by atoms with Gasteiger partial charge in [-0.2, -0.15) is 0 Å². The van der Waals surface area contributed by atoms with E-state index in [1.165, 1.54) is 0 Å². The lowest BCUT2D eigenvalue weighted by molar-refractivity contribution is -0.142. The summed E-state index contributed by atoms with van der Waals surface area (Å²) in [5, 5.41) is 9.47. The lowest BCUT2D eigenvalue weighted by Gasteiger charge is -2.18. The Labute approximate surface area is 147 Å². The molecule has 1 heterocycles. The molecule has 1 aromatic rings. The van der Waals surface area contributed by atoms with Gasteiger partial charge in [0.1, 0.15) is 0 Å². The molecule has 1 saturated carbocycles. The number of hydrogen-bond donors (Lipinski definition) is 1. The summed E-state index contributed by atoms with van der Waals surface area (Å²) in [4.78, 5) is 26.1. The van der Waals surface area contributed by atoms with Crippen LogP contribution < -0.4 is 9.47 Å². The van der Waals surface area contributed by atoms with Crippen LogP contribution in [-0.4, -0.2) is 48.2 Å². The Balaban J connectivity index is 1.78. The summed E-state index contributed by atoms with van der Waals surface area (Å²) in [6.45, 7) is 5.57. The molecule has 6 heteroatoms. The van der Waals surface area contributed by atoms with Gasteiger partial charge in [-0.3, -0.25) is 9.59 Å². The maximum atomic E-state index is 12.9. The highest BCUT2D eigenvalue weighted by Gasteiger charge is 2.46. The van der Waals surface area contributed by atoms with Crippen molar-refractivity contribution in [1.29, 1.82) is 0 Å². The number of carboxylic acids is 1. The third-order valence-electron chi connectivity index (χ3n) is 4.99. The minimum Gasteiger partial charge on any atom is -0.490 e. The molecule has 25 heavy (non-hydrogen) atoms. The molecule has 0 unspecified atom stereocenters. The number of amides is 1. The van der Waals surface area contributed by atoms with Crippen LogP contribution in [-0.2, 0) is 4.79 Å². The first kappa shape index (κ1) is 17.6. The lowest BCUT2D eigenvalue weighted by Crippen LogP contribution is -2.30. The van der Waals surface area contributed by atoms with Crippen LogP contribution in [0.25, 0.3) is 0 Å². The number of carbonyl (C=O) groups is 2. The second-order valence-corrected chi connectivity index (χ2v) is 6.68. The monoisotopic (exact) mass is 347 g/mol. The van der Waals surface area contributed by atoms with E-state index in [2.05, 4.69) is 0 Å². The van der Waals surface area contributed by atoms with Crippen molar-refractivity contribution in [2.24, 2.45) is 17.8 Å². The molecule has 2 atom stereocenters. The quantitative estimate of drug-likeness (QED) is 0.821. The van der Waals surface area contributed by atoms with E-state index in [4.69, 9.17) is 9.47 Å². The molecule has 1 saturated heterocycles. The van der Waals surface area contributed by atoms with E-state index in [0.717, 1.165) is 12.8 Å². The molecule has 1 aromatic carbocycles. The number of ether oxygens (including phenoxy) is 2. The molecule has 2 aliphatic rings. The van der Waals surface area contributed by atoms with E-state index >= 15 is 0 Å². The first-order valence-corrected chi connectivity index (χ1v) is 8.96. The zero-order valence-electron chi connectivity index (χ0n) is 14.7. The van der Waals surface area contributed by atoms with Crippen LogP contribution in [0, 0.1) is 17.8 Å². The molecule has 1 aliphatic heterocycles. The Hall–Kier alpha value is -2.24. The molecule has 1 amide bonds. The third kappa shape index (κ3) is 3.72. The molecule has 3 rings (SSSR count). The summed E-state index contributed by atoms with van der Waals surface area (Å²) < 4.78 is 11.1. The van der Waals surface area contributed by atoms with Crippen molar-refractivity contribution in [2.75, 3.05) is 26.3 Å². The van der Waals surface area contributed by atoms with Gasteiger partial charge < -0.3 is 19.5 Å². The number of rotatable bonds is 7. The highest BCUT2D eigenvalue weighted by Crippen LogP contribution is 2.44. The van der Waals surface area contributed by atoms with Crippen LogP contribution in [0.15, 0.2) is 18.2 Å². The molecule has 0 aromatic heterocycles. The summed E-state index contributed by atoms with van der Waals surface area (Å²) in [5.74, 6) is 0.302. The first-order chi connectivity index (χ1) is 12.0. The molecule has 0 spiro atoms. The lowest BCUT2D eigenvalue weighted by atomic mass is 9.92. The van der Waals surface area contributed by atoms with Crippen LogP contribution in [0.1, 0.15) is 37.0 Å². The van der Waals surface area contributed by atoms with Gasteiger partial charge in [0.05, 0.1) is 19.1 Å². The van der Waals surface area contributed by atoms with Crippen molar-refractivity contribution in [2.45, 2.75) is 26.7 Å². The fourth-order valence-corrected chi connectivity index (χ4v) is 3.62. The minimum atomic E-state index is -0.797. The molecular weight excluding hydrogens is 322 g/mol. The van der Waals surface area contributed by atoms with Gasteiger partial charge in [0.15, 0.2) is 11.5 Å². The van der Waals surface area contributed by atoms with Crippen molar-refractivity contribution in [3.05, 3.63) is 23.8 Å². The Kier molecular flexibility index (Phi) is 5.16. The Morgan fingerprint density at radius 1 is 1.12 bits per heavy atom. The number of benzene rings is 1. The standard InChI is InChI=1S/C19H25NO5/c1-3-24-16-8-7-13(9-17(16)25-4-2)18(21)20-10-14(12-5-6-12)15(11-20)19(22)23/h7-9,12,14-15H,3-6,10-11H2,1-2H3,(H,22,23)/t14-,15+/m1/s1. The average Bonchev–Trinajstić information content (AvgIpc) is 3.34. The number of hydrogen-bond acceptors (Lipinski definition) is 4. The largest absolute Gasteiger partial charge is 0.490 e. The molecule has 0 bridgehead atoms. The van der Waals surface area contributed by atoms with E-state index < -0.39 is 11.9 Å². The average molecular weight is 347 g/mol. The Morgan fingerprint density at radius 2 is 1.80 bits per heavy atom. The molecule has 1 aliphatic carbocycles. The van der Waals surface area contributed by atoms with E-state index in [-0.39, 0.29) is 18.4 Å².